The van der Waals surface area contributed by atoms with E-state index in [1.165, 1.54) is 32.4 Å². The van der Waals surface area contributed by atoms with Crippen molar-refractivity contribution in [2.75, 3.05) is 19.6 Å². The number of likely N-dealkylation sites (tertiary alicyclic amines) is 1. The van der Waals surface area contributed by atoms with Gasteiger partial charge in [-0.15, -0.1) is 0 Å². The summed E-state index contributed by atoms with van der Waals surface area (Å²) in [6.45, 7) is 15.3. The number of hydrogen-bond acceptors (Lipinski definition) is 2. The lowest BCUT2D eigenvalue weighted by atomic mass is 9.95. The van der Waals surface area contributed by atoms with Crippen molar-refractivity contribution in [3.63, 3.8) is 0 Å². The van der Waals surface area contributed by atoms with Gasteiger partial charge in [0.05, 0.1) is 0 Å². The highest BCUT2D eigenvalue weighted by Gasteiger charge is 2.29. The molecule has 0 aromatic heterocycles. The van der Waals surface area contributed by atoms with E-state index in [1.807, 2.05) is 0 Å². The summed E-state index contributed by atoms with van der Waals surface area (Å²) in [5.74, 6) is 1.77. The van der Waals surface area contributed by atoms with Crippen LogP contribution in [0.2, 0.25) is 0 Å². The molecule has 0 aliphatic carbocycles. The van der Waals surface area contributed by atoms with E-state index >= 15 is 0 Å². The first-order valence-electron chi connectivity index (χ1n) is 7.52. The zero-order valence-electron chi connectivity index (χ0n) is 12.5. The Morgan fingerprint density at radius 1 is 1.24 bits per heavy atom. The lowest BCUT2D eigenvalue weighted by Crippen LogP contribution is -2.43. The number of nitrogens with one attached hydrogen (secondary N) is 1. The van der Waals surface area contributed by atoms with E-state index in [0.717, 1.165) is 24.4 Å². The summed E-state index contributed by atoms with van der Waals surface area (Å²) in [7, 11) is 0. The maximum Gasteiger partial charge on any atom is 0.0220 e. The van der Waals surface area contributed by atoms with Gasteiger partial charge in [0, 0.05) is 25.2 Å². The lowest BCUT2D eigenvalue weighted by Gasteiger charge is -2.29. The molecule has 1 N–H and O–H groups in total. The van der Waals surface area contributed by atoms with Crippen LogP contribution < -0.4 is 5.32 Å². The Balaban J connectivity index is 2.42. The molecule has 0 aromatic rings. The maximum atomic E-state index is 3.61. The van der Waals surface area contributed by atoms with E-state index in [4.69, 9.17) is 0 Å². The van der Waals surface area contributed by atoms with Gasteiger partial charge in [-0.3, -0.25) is 4.90 Å². The molecule has 2 heteroatoms. The van der Waals surface area contributed by atoms with Crippen LogP contribution in [0.1, 0.15) is 53.9 Å². The van der Waals surface area contributed by atoms with Crippen LogP contribution in [-0.2, 0) is 0 Å². The Kier molecular flexibility index (Phi) is 6.50. The van der Waals surface area contributed by atoms with Crippen LogP contribution in [0.25, 0.3) is 0 Å². The molecule has 102 valence electrons. The van der Waals surface area contributed by atoms with Crippen LogP contribution in [0.15, 0.2) is 0 Å². The highest BCUT2D eigenvalue weighted by atomic mass is 15.2. The molecule has 1 fully saturated rings. The molecule has 2 atom stereocenters. The maximum absolute atomic E-state index is 3.61. The highest BCUT2D eigenvalue weighted by Crippen LogP contribution is 2.26. The van der Waals surface area contributed by atoms with E-state index in [-0.39, 0.29) is 0 Å². The van der Waals surface area contributed by atoms with Gasteiger partial charge in [0.15, 0.2) is 0 Å². The van der Waals surface area contributed by atoms with Crippen LogP contribution >= 0.6 is 0 Å². The quantitative estimate of drug-likeness (QED) is 0.735. The predicted octanol–water partition coefficient (Wildman–Crippen LogP) is 3.13. The summed E-state index contributed by atoms with van der Waals surface area (Å²) in [5, 5.41) is 3.61. The van der Waals surface area contributed by atoms with Gasteiger partial charge in [-0.25, -0.2) is 0 Å². The third-order valence-electron chi connectivity index (χ3n) is 4.10. The smallest absolute Gasteiger partial charge is 0.0220 e. The van der Waals surface area contributed by atoms with Crippen molar-refractivity contribution in [2.24, 2.45) is 11.8 Å². The standard InChI is InChI=1S/C15H32N2/c1-6-7-15(10-16-13(4)5)17-9-8-14(11-17)12(2)3/h12-16H,6-11H2,1-5H3. The summed E-state index contributed by atoms with van der Waals surface area (Å²) >= 11 is 0. The Morgan fingerprint density at radius 2 is 1.94 bits per heavy atom. The molecule has 1 aliphatic rings. The van der Waals surface area contributed by atoms with E-state index in [2.05, 4.69) is 44.8 Å². The fourth-order valence-electron chi connectivity index (χ4n) is 2.81. The van der Waals surface area contributed by atoms with Gasteiger partial charge in [-0.1, -0.05) is 41.0 Å². The van der Waals surface area contributed by atoms with Gasteiger partial charge in [-0.2, -0.15) is 0 Å². The van der Waals surface area contributed by atoms with Crippen molar-refractivity contribution in [3.05, 3.63) is 0 Å². The fraction of sp³-hybridized carbons (Fsp3) is 1.00. The van der Waals surface area contributed by atoms with Crippen molar-refractivity contribution in [1.82, 2.24) is 10.2 Å². The molecule has 2 unspecified atom stereocenters. The van der Waals surface area contributed by atoms with Gasteiger partial charge in [0.25, 0.3) is 0 Å². The lowest BCUT2D eigenvalue weighted by molar-refractivity contribution is 0.205. The third-order valence-corrected chi connectivity index (χ3v) is 4.10. The Hall–Kier alpha value is -0.0800. The number of rotatable bonds is 7. The summed E-state index contributed by atoms with van der Waals surface area (Å²) in [6.07, 6.45) is 4.04. The molecule has 0 amide bonds. The van der Waals surface area contributed by atoms with Gasteiger partial charge in [0.1, 0.15) is 0 Å². The molecule has 1 aliphatic heterocycles. The first-order valence-corrected chi connectivity index (χ1v) is 7.52. The van der Waals surface area contributed by atoms with Crippen LogP contribution in [0.4, 0.5) is 0 Å². The molecular weight excluding hydrogens is 208 g/mol. The average molecular weight is 240 g/mol. The predicted molar refractivity (Wildman–Crippen MR) is 76.4 cm³/mol. The molecule has 0 spiro atoms. The highest BCUT2D eigenvalue weighted by molar-refractivity contribution is 4.84. The molecule has 0 bridgehead atoms. The Labute approximate surface area is 108 Å². The van der Waals surface area contributed by atoms with Gasteiger partial charge in [-0.05, 0) is 31.2 Å². The van der Waals surface area contributed by atoms with Crippen LogP contribution in [-0.4, -0.2) is 36.6 Å². The molecule has 2 nitrogen and oxygen atoms in total. The second-order valence-corrected chi connectivity index (χ2v) is 6.29. The topological polar surface area (TPSA) is 15.3 Å². The zero-order valence-corrected chi connectivity index (χ0v) is 12.5. The molecule has 0 aromatic carbocycles. The van der Waals surface area contributed by atoms with E-state index in [9.17, 15) is 0 Å². The second-order valence-electron chi connectivity index (χ2n) is 6.29. The Bertz CT molecular complexity index is 201. The van der Waals surface area contributed by atoms with Gasteiger partial charge in [0.2, 0.25) is 0 Å². The normalized spacial score (nSPS) is 23.8. The van der Waals surface area contributed by atoms with Gasteiger partial charge < -0.3 is 5.32 Å². The van der Waals surface area contributed by atoms with Crippen LogP contribution in [0.3, 0.4) is 0 Å². The van der Waals surface area contributed by atoms with Crippen LogP contribution in [0.5, 0.6) is 0 Å². The first kappa shape index (κ1) is 15.0. The van der Waals surface area contributed by atoms with Crippen molar-refractivity contribution in [2.45, 2.75) is 66.0 Å². The molecule has 17 heavy (non-hydrogen) atoms. The van der Waals surface area contributed by atoms with Gasteiger partial charge >= 0.3 is 0 Å². The summed E-state index contributed by atoms with van der Waals surface area (Å²) in [5.41, 5.74) is 0. The molecule has 1 rings (SSSR count). The van der Waals surface area contributed by atoms with E-state index in [0.29, 0.717) is 6.04 Å². The molecule has 1 saturated heterocycles. The molecular formula is C15H32N2. The summed E-state index contributed by atoms with van der Waals surface area (Å²) in [4.78, 5) is 2.73. The van der Waals surface area contributed by atoms with Crippen LogP contribution in [0, 0.1) is 11.8 Å². The number of hydrogen-bond donors (Lipinski definition) is 1. The average Bonchev–Trinajstić information content (AvgIpc) is 2.73. The second kappa shape index (κ2) is 7.38. The van der Waals surface area contributed by atoms with Crippen molar-refractivity contribution < 1.29 is 0 Å². The SMILES string of the molecule is CCCC(CNC(C)C)N1CCC(C(C)C)C1. The monoisotopic (exact) mass is 240 g/mol. The third kappa shape index (κ3) is 4.97. The number of nitrogens with zero attached hydrogens (tertiary/aromatic N) is 1. The minimum Gasteiger partial charge on any atom is -0.313 e. The fourth-order valence-corrected chi connectivity index (χ4v) is 2.81. The largest absolute Gasteiger partial charge is 0.313 e. The van der Waals surface area contributed by atoms with E-state index in [1.54, 1.807) is 0 Å². The van der Waals surface area contributed by atoms with Crippen molar-refractivity contribution in [3.8, 4) is 0 Å². The minimum atomic E-state index is 0.609. The van der Waals surface area contributed by atoms with Crippen molar-refractivity contribution in [1.29, 1.82) is 0 Å². The summed E-state index contributed by atoms with van der Waals surface area (Å²) in [6, 6.07) is 1.36. The Morgan fingerprint density at radius 3 is 2.41 bits per heavy atom. The first-order chi connectivity index (χ1) is 8.04. The van der Waals surface area contributed by atoms with E-state index < -0.39 is 0 Å². The zero-order chi connectivity index (χ0) is 12.8. The molecule has 0 saturated carbocycles. The molecule has 1 heterocycles. The minimum absolute atomic E-state index is 0.609. The summed E-state index contributed by atoms with van der Waals surface area (Å²) < 4.78 is 0. The molecule has 0 radical (unpaired) electrons. The van der Waals surface area contributed by atoms with Crippen molar-refractivity contribution >= 4 is 0 Å².